The van der Waals surface area contributed by atoms with Gasteiger partial charge in [-0.05, 0) is 74.6 Å². The van der Waals surface area contributed by atoms with E-state index in [1.165, 1.54) is 12.1 Å². The molecule has 1 fully saturated rings. The van der Waals surface area contributed by atoms with Crippen LogP contribution in [-0.4, -0.2) is 48.6 Å². The molecule has 0 saturated carbocycles. The van der Waals surface area contributed by atoms with E-state index >= 15 is 0 Å². The first-order valence-electron chi connectivity index (χ1n) is 12.1. The number of hydrogen-bond donors (Lipinski definition) is 0. The molecule has 0 atom stereocenters. The quantitative estimate of drug-likeness (QED) is 0.389. The van der Waals surface area contributed by atoms with Gasteiger partial charge in [0, 0.05) is 49.7 Å². The Balaban J connectivity index is 2.09. The molecule has 1 aromatic carbocycles. The van der Waals surface area contributed by atoms with Crippen LogP contribution in [0.25, 0.3) is 5.70 Å². The predicted molar refractivity (Wildman–Crippen MR) is 140 cm³/mol. The van der Waals surface area contributed by atoms with Crippen LogP contribution >= 0.6 is 0 Å². The SMILES string of the molecule is C/C=C(\C=C(\c1ccc(C#N)c(F)c1)N(C)C1=C/C(=C/CC)C(=NC)C=C1)C(=O)N1CCCCC1. The monoisotopic (exact) mass is 472 g/mol. The van der Waals surface area contributed by atoms with E-state index in [-0.39, 0.29) is 11.5 Å². The Morgan fingerprint density at radius 2 is 2.00 bits per heavy atom. The molecule has 0 aromatic heterocycles. The smallest absolute Gasteiger partial charge is 0.253 e. The third kappa shape index (κ3) is 6.05. The summed E-state index contributed by atoms with van der Waals surface area (Å²) < 4.78 is 14.6. The van der Waals surface area contributed by atoms with Crippen LogP contribution in [0.3, 0.4) is 0 Å². The molecule has 0 radical (unpaired) electrons. The minimum absolute atomic E-state index is 0.0138. The number of nitriles is 1. The standard InChI is InChI=1S/C29H33FN4O/c1-5-10-22-17-25(13-14-27(22)32-3)33(4)28(23-11-12-24(20-31)26(30)18-23)19-21(6-2)29(35)34-15-8-7-9-16-34/h6,10-14,17-19H,5,7-9,15-16H2,1-4H3/b21-6+,22-10-,28-19-,32-27?. The van der Waals surface area contributed by atoms with Crippen molar-refractivity contribution in [3.05, 3.63) is 88.4 Å². The molecule has 1 aliphatic heterocycles. The van der Waals surface area contributed by atoms with E-state index in [4.69, 9.17) is 0 Å². The average Bonchev–Trinajstić information content (AvgIpc) is 2.89. The van der Waals surface area contributed by atoms with Crippen molar-refractivity contribution in [2.75, 3.05) is 27.2 Å². The highest BCUT2D eigenvalue weighted by Crippen LogP contribution is 2.29. The summed E-state index contributed by atoms with van der Waals surface area (Å²) in [5.74, 6) is -0.610. The highest BCUT2D eigenvalue weighted by atomic mass is 19.1. The summed E-state index contributed by atoms with van der Waals surface area (Å²) in [4.78, 5) is 21.5. The number of hydrogen-bond acceptors (Lipinski definition) is 4. The van der Waals surface area contributed by atoms with E-state index in [1.54, 1.807) is 19.2 Å². The molecular weight excluding hydrogens is 439 g/mol. The average molecular weight is 473 g/mol. The Kier molecular flexibility index (Phi) is 8.97. The summed E-state index contributed by atoms with van der Waals surface area (Å²) in [6.45, 7) is 5.42. The van der Waals surface area contributed by atoms with E-state index in [0.717, 1.165) is 55.8 Å². The second kappa shape index (κ2) is 12.1. The van der Waals surface area contributed by atoms with Gasteiger partial charge in [0.2, 0.25) is 0 Å². The van der Waals surface area contributed by atoms with Gasteiger partial charge in [0.1, 0.15) is 11.9 Å². The van der Waals surface area contributed by atoms with Gasteiger partial charge in [0.15, 0.2) is 0 Å². The number of carbonyl (C=O) groups is 1. The number of likely N-dealkylation sites (N-methyl/N-ethyl adjacent to an activating group) is 1. The Morgan fingerprint density at radius 3 is 2.60 bits per heavy atom. The summed E-state index contributed by atoms with van der Waals surface area (Å²) in [6.07, 6.45) is 15.7. The molecule has 2 aliphatic rings. The second-order valence-electron chi connectivity index (χ2n) is 8.57. The number of benzene rings is 1. The number of allylic oxidation sites excluding steroid dienone is 6. The van der Waals surface area contributed by atoms with E-state index in [1.807, 2.05) is 54.1 Å². The minimum atomic E-state index is -0.589. The van der Waals surface area contributed by atoms with Crippen LogP contribution in [0.2, 0.25) is 0 Å². The lowest BCUT2D eigenvalue weighted by Crippen LogP contribution is -2.36. The Bertz CT molecular complexity index is 1190. The number of aliphatic imine (C=N–C) groups is 1. The predicted octanol–water partition coefficient (Wildman–Crippen LogP) is 5.79. The van der Waals surface area contributed by atoms with Crippen molar-refractivity contribution in [3.8, 4) is 6.07 Å². The second-order valence-corrected chi connectivity index (χ2v) is 8.57. The highest BCUT2D eigenvalue weighted by molar-refractivity contribution is 6.11. The molecule has 0 spiro atoms. The van der Waals surface area contributed by atoms with Gasteiger partial charge < -0.3 is 9.80 Å². The van der Waals surface area contributed by atoms with Crippen LogP contribution in [0.5, 0.6) is 0 Å². The maximum Gasteiger partial charge on any atom is 0.253 e. The van der Waals surface area contributed by atoms with Gasteiger partial charge in [-0.2, -0.15) is 5.26 Å². The summed E-state index contributed by atoms with van der Waals surface area (Å²) >= 11 is 0. The van der Waals surface area contributed by atoms with E-state index < -0.39 is 5.82 Å². The number of carbonyl (C=O) groups excluding carboxylic acids is 1. The van der Waals surface area contributed by atoms with Crippen LogP contribution < -0.4 is 0 Å². The Labute approximate surface area is 208 Å². The normalized spacial score (nSPS) is 19.1. The van der Waals surface area contributed by atoms with Gasteiger partial charge >= 0.3 is 0 Å². The fourth-order valence-electron chi connectivity index (χ4n) is 4.31. The van der Waals surface area contributed by atoms with Crippen molar-refractivity contribution >= 4 is 17.3 Å². The van der Waals surface area contributed by atoms with Crippen LogP contribution in [-0.2, 0) is 4.79 Å². The molecule has 1 aliphatic carbocycles. The Morgan fingerprint density at radius 1 is 1.26 bits per heavy atom. The number of rotatable bonds is 6. The van der Waals surface area contributed by atoms with Gasteiger partial charge in [-0.25, -0.2) is 4.39 Å². The van der Waals surface area contributed by atoms with Gasteiger partial charge in [0.25, 0.3) is 5.91 Å². The first-order valence-corrected chi connectivity index (χ1v) is 12.1. The molecule has 1 amide bonds. The van der Waals surface area contributed by atoms with E-state index in [2.05, 4.69) is 18.0 Å². The van der Waals surface area contributed by atoms with Crippen LogP contribution in [0.15, 0.2) is 76.5 Å². The first-order chi connectivity index (χ1) is 16.9. The van der Waals surface area contributed by atoms with Crippen LogP contribution in [0.4, 0.5) is 4.39 Å². The zero-order valence-corrected chi connectivity index (χ0v) is 21.0. The molecule has 1 saturated heterocycles. The van der Waals surface area contributed by atoms with Crippen molar-refractivity contribution in [1.82, 2.24) is 9.80 Å². The minimum Gasteiger partial charge on any atom is -0.344 e. The molecule has 0 N–H and O–H groups in total. The lowest BCUT2D eigenvalue weighted by molar-refractivity contribution is -0.127. The number of halogens is 1. The largest absolute Gasteiger partial charge is 0.344 e. The molecular formula is C29H33FN4O. The zero-order valence-electron chi connectivity index (χ0n) is 21.0. The fourth-order valence-corrected chi connectivity index (χ4v) is 4.31. The molecule has 182 valence electrons. The first kappa shape index (κ1) is 25.9. The van der Waals surface area contributed by atoms with Crippen molar-refractivity contribution in [2.24, 2.45) is 4.99 Å². The van der Waals surface area contributed by atoms with E-state index in [0.29, 0.717) is 16.8 Å². The number of amides is 1. The third-order valence-electron chi connectivity index (χ3n) is 6.30. The van der Waals surface area contributed by atoms with Gasteiger partial charge in [-0.1, -0.05) is 25.1 Å². The third-order valence-corrected chi connectivity index (χ3v) is 6.30. The zero-order chi connectivity index (χ0) is 25.4. The lowest BCUT2D eigenvalue weighted by Gasteiger charge is -2.29. The van der Waals surface area contributed by atoms with Crippen LogP contribution in [0.1, 0.15) is 50.7 Å². The summed E-state index contributed by atoms with van der Waals surface area (Å²) in [5, 5.41) is 9.18. The molecule has 35 heavy (non-hydrogen) atoms. The molecule has 3 rings (SSSR count). The van der Waals surface area contributed by atoms with E-state index in [9.17, 15) is 14.4 Å². The highest BCUT2D eigenvalue weighted by Gasteiger charge is 2.22. The van der Waals surface area contributed by atoms with Gasteiger partial charge in [-0.15, -0.1) is 0 Å². The number of piperidine rings is 1. The summed E-state index contributed by atoms with van der Waals surface area (Å²) in [6, 6.07) is 6.43. The fraction of sp³-hybridized carbons (Fsp3) is 0.345. The van der Waals surface area contributed by atoms with Gasteiger partial charge in [-0.3, -0.25) is 9.79 Å². The Hall–Kier alpha value is -3.72. The van der Waals surface area contributed by atoms with Crippen LogP contribution in [0, 0.1) is 17.1 Å². The number of likely N-dealkylation sites (tertiary alicyclic amines) is 1. The van der Waals surface area contributed by atoms with Crippen molar-refractivity contribution in [3.63, 3.8) is 0 Å². The topological polar surface area (TPSA) is 59.7 Å². The molecule has 0 unspecified atom stereocenters. The molecule has 6 heteroatoms. The molecule has 1 aromatic rings. The number of nitrogens with zero attached hydrogens (tertiary/aromatic N) is 4. The summed E-state index contributed by atoms with van der Waals surface area (Å²) in [7, 11) is 3.66. The molecule has 1 heterocycles. The van der Waals surface area contributed by atoms with Crippen molar-refractivity contribution < 1.29 is 9.18 Å². The van der Waals surface area contributed by atoms with Gasteiger partial charge in [0.05, 0.1) is 11.3 Å². The maximum absolute atomic E-state index is 14.6. The molecule has 0 bridgehead atoms. The van der Waals surface area contributed by atoms with Crippen molar-refractivity contribution in [1.29, 1.82) is 5.26 Å². The van der Waals surface area contributed by atoms with Crippen molar-refractivity contribution in [2.45, 2.75) is 39.5 Å². The molecule has 5 nitrogen and oxygen atoms in total. The summed E-state index contributed by atoms with van der Waals surface area (Å²) in [5.41, 5.74) is 4.58. The maximum atomic E-state index is 14.6. The lowest BCUT2D eigenvalue weighted by atomic mass is 9.99.